The quantitative estimate of drug-likeness (QED) is 0.669. The van der Waals surface area contributed by atoms with E-state index in [1.807, 2.05) is 78.9 Å². The molecule has 3 aromatic carbocycles. The first kappa shape index (κ1) is 18.0. The first-order valence-electron chi connectivity index (χ1n) is 9.33. The van der Waals surface area contributed by atoms with Gasteiger partial charge in [0.1, 0.15) is 0 Å². The average molecular weight is 371 g/mol. The molecule has 1 atom stereocenters. The first-order chi connectivity index (χ1) is 13.6. The summed E-state index contributed by atoms with van der Waals surface area (Å²) in [5.41, 5.74) is 5.05. The maximum absolute atomic E-state index is 12.8. The van der Waals surface area contributed by atoms with Crippen LogP contribution in [0, 0.1) is 0 Å². The predicted octanol–water partition coefficient (Wildman–Crippen LogP) is 4.57. The van der Waals surface area contributed by atoms with Gasteiger partial charge in [0, 0.05) is 18.1 Å². The molecule has 0 unspecified atom stereocenters. The van der Waals surface area contributed by atoms with Gasteiger partial charge in [-0.3, -0.25) is 9.59 Å². The van der Waals surface area contributed by atoms with Crippen molar-refractivity contribution in [1.29, 1.82) is 0 Å². The van der Waals surface area contributed by atoms with Crippen molar-refractivity contribution in [3.63, 3.8) is 0 Å². The monoisotopic (exact) mass is 371 g/mol. The van der Waals surface area contributed by atoms with Gasteiger partial charge in [-0.05, 0) is 16.7 Å². The summed E-state index contributed by atoms with van der Waals surface area (Å²) >= 11 is 0. The minimum absolute atomic E-state index is 0.0738. The second-order valence-electron chi connectivity index (χ2n) is 6.91. The van der Waals surface area contributed by atoms with E-state index in [0.717, 1.165) is 27.8 Å². The van der Waals surface area contributed by atoms with E-state index in [9.17, 15) is 9.59 Å². The maximum atomic E-state index is 12.8. The zero-order valence-electron chi connectivity index (χ0n) is 15.6. The summed E-state index contributed by atoms with van der Waals surface area (Å²) in [5.74, 6) is -0.530. The van der Waals surface area contributed by atoms with Gasteiger partial charge in [-0.1, -0.05) is 78.9 Å². The van der Waals surface area contributed by atoms with Crippen molar-refractivity contribution in [2.75, 3.05) is 0 Å². The Bertz CT molecular complexity index is 968. The summed E-state index contributed by atoms with van der Waals surface area (Å²) in [7, 11) is 0. The molecule has 0 saturated heterocycles. The fourth-order valence-corrected chi connectivity index (χ4v) is 3.77. The summed E-state index contributed by atoms with van der Waals surface area (Å²) in [6, 6.07) is 25.0. The molecular formula is C24H21NO3. The van der Waals surface area contributed by atoms with Crippen LogP contribution in [0.25, 0.3) is 11.1 Å². The lowest BCUT2D eigenvalue weighted by Crippen LogP contribution is -2.28. The predicted molar refractivity (Wildman–Crippen MR) is 107 cm³/mol. The lowest BCUT2D eigenvalue weighted by molar-refractivity contribution is -0.148. The number of benzene rings is 3. The van der Waals surface area contributed by atoms with Crippen LogP contribution < -0.4 is 5.32 Å². The molecule has 4 heteroatoms. The molecule has 0 aromatic heterocycles. The topological polar surface area (TPSA) is 55.4 Å². The highest BCUT2D eigenvalue weighted by Crippen LogP contribution is 2.45. The lowest BCUT2D eigenvalue weighted by Gasteiger charge is -2.20. The summed E-state index contributed by atoms with van der Waals surface area (Å²) in [6.45, 7) is 1.45. The fourth-order valence-electron chi connectivity index (χ4n) is 3.77. The summed E-state index contributed by atoms with van der Waals surface area (Å²) in [4.78, 5) is 24.4. The van der Waals surface area contributed by atoms with Gasteiger partial charge in [0.05, 0.1) is 12.5 Å². The van der Waals surface area contributed by atoms with Crippen molar-refractivity contribution >= 4 is 11.9 Å². The molecule has 4 rings (SSSR count). The molecule has 0 heterocycles. The highest BCUT2D eigenvalue weighted by atomic mass is 16.5. The van der Waals surface area contributed by atoms with E-state index in [0.29, 0.717) is 0 Å². The Morgan fingerprint density at radius 1 is 0.857 bits per heavy atom. The highest BCUT2D eigenvalue weighted by Gasteiger charge is 2.31. The van der Waals surface area contributed by atoms with E-state index in [1.54, 1.807) is 0 Å². The zero-order valence-corrected chi connectivity index (χ0v) is 15.6. The van der Waals surface area contributed by atoms with Crippen molar-refractivity contribution in [3.8, 4) is 11.1 Å². The van der Waals surface area contributed by atoms with Gasteiger partial charge < -0.3 is 10.1 Å². The van der Waals surface area contributed by atoms with Crippen LogP contribution in [-0.4, -0.2) is 11.9 Å². The van der Waals surface area contributed by atoms with Crippen LogP contribution in [-0.2, 0) is 14.3 Å². The normalized spacial score (nSPS) is 13.3. The van der Waals surface area contributed by atoms with Crippen LogP contribution in [0.5, 0.6) is 0 Å². The van der Waals surface area contributed by atoms with E-state index < -0.39 is 12.1 Å². The van der Waals surface area contributed by atoms with E-state index in [-0.39, 0.29) is 18.3 Å². The molecule has 0 radical (unpaired) electrons. The molecule has 3 aromatic rings. The molecule has 1 aliphatic rings. The molecule has 0 saturated carbocycles. The van der Waals surface area contributed by atoms with Gasteiger partial charge >= 0.3 is 5.97 Å². The summed E-state index contributed by atoms with van der Waals surface area (Å²) < 4.78 is 5.91. The molecule has 1 aliphatic carbocycles. The van der Waals surface area contributed by atoms with Crippen molar-refractivity contribution in [2.45, 2.75) is 25.5 Å². The molecular weight excluding hydrogens is 350 g/mol. The van der Waals surface area contributed by atoms with Crippen LogP contribution in [0.4, 0.5) is 0 Å². The van der Waals surface area contributed by atoms with Gasteiger partial charge in [-0.2, -0.15) is 0 Å². The number of rotatable bonds is 5. The number of carbonyl (C=O) groups is 2. The Balaban J connectivity index is 1.57. The average Bonchev–Trinajstić information content (AvgIpc) is 3.02. The number of carbonyl (C=O) groups excluding carboxylic acids is 2. The van der Waals surface area contributed by atoms with Crippen molar-refractivity contribution in [2.24, 2.45) is 0 Å². The Morgan fingerprint density at radius 2 is 1.39 bits per heavy atom. The number of hydrogen-bond acceptors (Lipinski definition) is 3. The molecule has 28 heavy (non-hydrogen) atoms. The highest BCUT2D eigenvalue weighted by molar-refractivity contribution is 5.80. The van der Waals surface area contributed by atoms with Crippen molar-refractivity contribution in [3.05, 3.63) is 95.6 Å². The summed E-state index contributed by atoms with van der Waals surface area (Å²) in [6.07, 6.45) is -0.349. The molecule has 0 spiro atoms. The minimum Gasteiger partial charge on any atom is -0.452 e. The molecule has 0 bridgehead atoms. The molecule has 0 aliphatic heterocycles. The first-order valence-corrected chi connectivity index (χ1v) is 9.33. The van der Waals surface area contributed by atoms with Crippen LogP contribution in [0.2, 0.25) is 0 Å². The molecule has 4 nitrogen and oxygen atoms in total. The Morgan fingerprint density at radius 3 is 1.96 bits per heavy atom. The number of esters is 1. The molecule has 1 N–H and O–H groups in total. The van der Waals surface area contributed by atoms with E-state index in [4.69, 9.17) is 4.74 Å². The van der Waals surface area contributed by atoms with Gasteiger partial charge in [0.25, 0.3) is 0 Å². The van der Waals surface area contributed by atoms with Gasteiger partial charge in [-0.25, -0.2) is 0 Å². The van der Waals surface area contributed by atoms with Crippen LogP contribution in [0.3, 0.4) is 0 Å². The van der Waals surface area contributed by atoms with E-state index in [2.05, 4.69) is 5.32 Å². The SMILES string of the molecule is CC(=O)N[C@@H](CC(=O)OC1c2ccccc2-c2ccccc21)c1ccccc1. The molecule has 0 fully saturated rings. The van der Waals surface area contributed by atoms with E-state index in [1.165, 1.54) is 6.92 Å². The molecule has 1 amide bonds. The van der Waals surface area contributed by atoms with Crippen LogP contribution in [0.1, 0.15) is 42.2 Å². The number of amides is 1. The Labute approximate surface area is 164 Å². The summed E-state index contributed by atoms with van der Waals surface area (Å²) in [5, 5.41) is 2.85. The fraction of sp³-hybridized carbons (Fsp3) is 0.167. The lowest BCUT2D eigenvalue weighted by atomic mass is 10.0. The third kappa shape index (κ3) is 3.54. The van der Waals surface area contributed by atoms with Gasteiger partial charge in [0.15, 0.2) is 6.10 Å². The zero-order chi connectivity index (χ0) is 19.5. The third-order valence-electron chi connectivity index (χ3n) is 4.98. The van der Waals surface area contributed by atoms with Gasteiger partial charge in [0.2, 0.25) is 5.91 Å². The minimum atomic E-state index is -0.423. The number of nitrogens with one attached hydrogen (secondary N) is 1. The van der Waals surface area contributed by atoms with E-state index >= 15 is 0 Å². The second-order valence-corrected chi connectivity index (χ2v) is 6.91. The van der Waals surface area contributed by atoms with Crippen molar-refractivity contribution in [1.82, 2.24) is 5.32 Å². The number of ether oxygens (including phenoxy) is 1. The van der Waals surface area contributed by atoms with Crippen LogP contribution in [0.15, 0.2) is 78.9 Å². The number of hydrogen-bond donors (Lipinski definition) is 1. The van der Waals surface area contributed by atoms with Crippen molar-refractivity contribution < 1.29 is 14.3 Å². The second kappa shape index (κ2) is 7.69. The Kier molecular flexibility index (Phi) is 4.94. The van der Waals surface area contributed by atoms with Gasteiger partial charge in [-0.15, -0.1) is 0 Å². The Hall–Kier alpha value is -3.40. The molecule has 140 valence electrons. The maximum Gasteiger partial charge on any atom is 0.309 e. The van der Waals surface area contributed by atoms with Crippen LogP contribution >= 0.6 is 0 Å². The smallest absolute Gasteiger partial charge is 0.309 e. The largest absolute Gasteiger partial charge is 0.452 e. The number of fused-ring (bicyclic) bond motifs is 3. The third-order valence-corrected chi connectivity index (χ3v) is 4.98. The standard InChI is InChI=1S/C24H21NO3/c1-16(26)25-22(17-9-3-2-4-10-17)15-23(27)28-24-20-13-7-5-11-18(20)19-12-6-8-14-21(19)24/h2-14,22,24H,15H2,1H3,(H,25,26)/t22-/m0/s1.